The van der Waals surface area contributed by atoms with Gasteiger partial charge in [-0.3, -0.25) is 14.4 Å². The van der Waals surface area contributed by atoms with E-state index in [0.717, 1.165) is 18.4 Å². The summed E-state index contributed by atoms with van der Waals surface area (Å²) >= 11 is 6.02. The first-order valence-corrected chi connectivity index (χ1v) is 15.8. The number of hydrogen-bond donors (Lipinski definition) is 4. The van der Waals surface area contributed by atoms with E-state index in [9.17, 15) is 32.3 Å². The van der Waals surface area contributed by atoms with E-state index >= 15 is 0 Å². The number of amides is 2. The molecule has 4 N–H and O–H groups in total. The molecule has 1 aliphatic carbocycles. The highest BCUT2D eigenvalue weighted by atomic mass is 35.5. The minimum absolute atomic E-state index is 0.00442. The summed E-state index contributed by atoms with van der Waals surface area (Å²) in [4.78, 5) is 61.0. The first kappa shape index (κ1) is 36.8. The van der Waals surface area contributed by atoms with Crippen molar-refractivity contribution in [3.05, 3.63) is 64.7 Å². The Hall–Kier alpha value is -4.99. The number of ether oxygens (including phenoxy) is 2. The van der Waals surface area contributed by atoms with Crippen molar-refractivity contribution in [2.45, 2.75) is 63.2 Å². The molecule has 1 saturated carbocycles. The van der Waals surface area contributed by atoms with Crippen molar-refractivity contribution in [1.29, 1.82) is 0 Å². The van der Waals surface area contributed by atoms with Gasteiger partial charge in [-0.05, 0) is 74.6 Å². The second-order valence-electron chi connectivity index (χ2n) is 11.1. The second kappa shape index (κ2) is 16.4. The minimum Gasteiger partial charge on any atom is -0.464 e. The Kier molecular flexibility index (Phi) is 12.3. The van der Waals surface area contributed by atoms with Crippen LogP contribution in [-0.2, 0) is 24.7 Å². The van der Waals surface area contributed by atoms with Crippen molar-refractivity contribution in [2.24, 2.45) is 0 Å². The van der Waals surface area contributed by atoms with Crippen LogP contribution < -0.4 is 26.0 Å². The van der Waals surface area contributed by atoms with E-state index in [2.05, 4.69) is 36.2 Å². The zero-order chi connectivity index (χ0) is 35.6. The summed E-state index contributed by atoms with van der Waals surface area (Å²) in [5.41, 5.74) is 0.946. The molecule has 49 heavy (non-hydrogen) atoms. The summed E-state index contributed by atoms with van der Waals surface area (Å²) in [5.74, 6) is -2.61. The number of hydrogen-bond acceptors (Lipinski definition) is 11. The highest BCUT2D eigenvalue weighted by molar-refractivity contribution is 6.36. The van der Waals surface area contributed by atoms with Gasteiger partial charge in [0.15, 0.2) is 6.61 Å². The lowest BCUT2D eigenvalue weighted by Crippen LogP contribution is -2.41. The fourth-order valence-corrected chi connectivity index (χ4v) is 4.85. The largest absolute Gasteiger partial charge is 0.464 e. The van der Waals surface area contributed by atoms with Crippen LogP contribution >= 0.6 is 11.6 Å². The highest BCUT2D eigenvalue weighted by Crippen LogP contribution is 2.48. The summed E-state index contributed by atoms with van der Waals surface area (Å²) < 4.78 is 48.6. The topological polar surface area (TPSA) is 174 Å². The van der Waals surface area contributed by atoms with Crippen LogP contribution in [0.1, 0.15) is 61.4 Å². The molecule has 262 valence electrons. The number of unbranched alkanes of at least 4 members (excludes halogenated alkanes) is 1. The number of ketones is 1. The molecule has 1 fully saturated rings. The molecule has 1 heterocycles. The molecule has 0 aliphatic heterocycles. The number of esters is 1. The molecule has 0 unspecified atom stereocenters. The van der Waals surface area contributed by atoms with E-state index in [-0.39, 0.29) is 36.9 Å². The van der Waals surface area contributed by atoms with Gasteiger partial charge in [-0.15, -0.1) is 0 Å². The van der Waals surface area contributed by atoms with Gasteiger partial charge in [-0.1, -0.05) is 30.2 Å². The molecule has 1 aromatic heterocycles. The van der Waals surface area contributed by atoms with Crippen LogP contribution in [0.15, 0.2) is 48.5 Å². The Balaban J connectivity index is 1.44. The normalized spacial score (nSPS) is 13.8. The smallest absolute Gasteiger partial charge is 0.422 e. The quantitative estimate of drug-likeness (QED) is 0.0859. The van der Waals surface area contributed by atoms with Gasteiger partial charge >= 0.3 is 18.2 Å². The number of Topliss-reactive ketones (excluding diaryl/α,β-unsaturated/α-hetero) is 1. The number of halogens is 4. The van der Waals surface area contributed by atoms with Crippen LogP contribution in [0.3, 0.4) is 0 Å². The Morgan fingerprint density at radius 2 is 1.63 bits per heavy atom. The summed E-state index contributed by atoms with van der Waals surface area (Å²) in [6.07, 6.45) is -2.30. The Labute approximate surface area is 284 Å². The molecule has 0 bridgehead atoms. The molecule has 1 aliphatic rings. The lowest BCUT2D eigenvalue weighted by molar-refractivity contribution is -0.154. The van der Waals surface area contributed by atoms with Gasteiger partial charge < -0.3 is 30.7 Å². The number of benzene rings is 2. The number of likely N-dealkylation sites (N-methyl/N-ethyl adjacent to an activating group) is 1. The number of nitrogens with one attached hydrogen (secondary N) is 4. The first-order chi connectivity index (χ1) is 23.3. The van der Waals surface area contributed by atoms with Gasteiger partial charge in [0.05, 0.1) is 12.1 Å². The molecule has 0 spiro atoms. The van der Waals surface area contributed by atoms with Crippen LogP contribution in [0.2, 0.25) is 5.02 Å². The third-order valence-electron chi connectivity index (χ3n) is 7.38. The van der Waals surface area contributed by atoms with Crippen molar-refractivity contribution in [3.8, 4) is 6.01 Å². The number of carbonyl (C=O) groups is 4. The average molecular weight is 706 g/mol. The molecule has 13 nitrogen and oxygen atoms in total. The van der Waals surface area contributed by atoms with Crippen molar-refractivity contribution in [2.75, 3.05) is 30.9 Å². The molecular formula is C32H35ClF3N7O6. The molecule has 2 amide bonds. The van der Waals surface area contributed by atoms with E-state index in [0.29, 0.717) is 23.6 Å². The molecule has 2 aromatic carbocycles. The zero-order valence-electron chi connectivity index (χ0n) is 26.7. The maximum Gasteiger partial charge on any atom is 0.422 e. The summed E-state index contributed by atoms with van der Waals surface area (Å²) in [7, 11) is 1.36. The number of rotatable bonds is 17. The molecule has 0 saturated heterocycles. The van der Waals surface area contributed by atoms with Crippen molar-refractivity contribution >= 4 is 52.8 Å². The van der Waals surface area contributed by atoms with Crippen LogP contribution in [-0.4, -0.2) is 71.0 Å². The third-order valence-corrected chi connectivity index (χ3v) is 7.64. The lowest BCUT2D eigenvalue weighted by atomic mass is 10.1. The molecule has 4 rings (SSSR count). The van der Waals surface area contributed by atoms with Gasteiger partial charge in [0, 0.05) is 29.7 Å². The number of nitrogens with zero attached hydrogens (tertiary/aromatic N) is 3. The Morgan fingerprint density at radius 1 is 0.959 bits per heavy atom. The average Bonchev–Trinajstić information content (AvgIpc) is 3.85. The summed E-state index contributed by atoms with van der Waals surface area (Å²) in [6.45, 7) is 0.119. The predicted molar refractivity (Wildman–Crippen MR) is 173 cm³/mol. The van der Waals surface area contributed by atoms with Gasteiger partial charge in [-0.2, -0.15) is 28.1 Å². The Bertz CT molecular complexity index is 1640. The monoisotopic (exact) mass is 705 g/mol. The van der Waals surface area contributed by atoms with Crippen LogP contribution in [0, 0.1) is 0 Å². The van der Waals surface area contributed by atoms with Crippen molar-refractivity contribution < 1.29 is 41.8 Å². The maximum absolute atomic E-state index is 13.0. The zero-order valence-corrected chi connectivity index (χ0v) is 27.4. The first-order valence-electron chi connectivity index (χ1n) is 15.4. The van der Waals surface area contributed by atoms with Crippen LogP contribution in [0.25, 0.3) is 0 Å². The van der Waals surface area contributed by atoms with Gasteiger partial charge in [0.2, 0.25) is 17.7 Å². The fourth-order valence-electron chi connectivity index (χ4n) is 4.73. The number of alkyl halides is 3. The fraction of sp³-hybridized carbons (Fsp3) is 0.406. The van der Waals surface area contributed by atoms with E-state index in [1.54, 1.807) is 19.1 Å². The molecule has 0 radical (unpaired) electrons. The lowest BCUT2D eigenvalue weighted by Gasteiger charge is -2.19. The molecular weight excluding hydrogens is 671 g/mol. The number of aromatic nitrogens is 3. The molecule has 1 atom stereocenters. The van der Waals surface area contributed by atoms with Crippen molar-refractivity contribution in [1.82, 2.24) is 25.6 Å². The second-order valence-corrected chi connectivity index (χ2v) is 11.5. The third kappa shape index (κ3) is 11.0. The van der Waals surface area contributed by atoms with Gasteiger partial charge in [0.1, 0.15) is 6.04 Å². The Morgan fingerprint density at radius 3 is 2.24 bits per heavy atom. The van der Waals surface area contributed by atoms with Crippen molar-refractivity contribution in [3.63, 3.8) is 0 Å². The summed E-state index contributed by atoms with van der Waals surface area (Å²) in [6, 6.07) is 11.6. The number of anilines is 3. The van der Waals surface area contributed by atoms with E-state index < -0.39 is 53.9 Å². The maximum atomic E-state index is 13.0. The molecule has 3 aromatic rings. The molecule has 17 heteroatoms. The minimum atomic E-state index is -4.62. The predicted octanol–water partition coefficient (Wildman–Crippen LogP) is 4.85. The van der Waals surface area contributed by atoms with E-state index in [1.165, 1.54) is 31.3 Å². The SMILES string of the molecule is CCOC(=O)[C@H](CCCCC(=O)C(=O)NC)NC(=O)c1ccc(Nc2nc(NC3(c4ccc(Cl)cc4)CC3)nc(OCC(F)(F)F)n2)cc1. The van der Waals surface area contributed by atoms with E-state index in [4.69, 9.17) is 21.1 Å². The highest BCUT2D eigenvalue weighted by Gasteiger charge is 2.45. The van der Waals surface area contributed by atoms with Crippen LogP contribution in [0.4, 0.5) is 30.8 Å². The number of carbonyl (C=O) groups excluding carboxylic acids is 4. The van der Waals surface area contributed by atoms with Gasteiger partial charge in [-0.25, -0.2) is 4.79 Å². The van der Waals surface area contributed by atoms with Gasteiger partial charge in [0.25, 0.3) is 11.8 Å². The van der Waals surface area contributed by atoms with E-state index in [1.807, 2.05) is 12.1 Å². The summed E-state index contributed by atoms with van der Waals surface area (Å²) in [5, 5.41) is 11.5. The standard InChI is InChI=1S/C32H35ClF3N7O6/c1-3-48-27(47)23(6-4-5-7-24(44)26(46)37-2)39-25(45)19-8-14-22(15-9-19)38-28-40-29(42-30(41-28)49-18-32(34,35)36)43-31(16-17-31)20-10-12-21(33)13-11-20/h8-15,23H,3-7,16-18H2,1-2H3,(H,37,46)(H,39,45)(H2,38,40,41,42,43)/t23-/m0/s1. The van der Waals surface area contributed by atoms with Crippen LogP contribution in [0.5, 0.6) is 6.01 Å².